The van der Waals surface area contributed by atoms with Crippen LogP contribution in [0.5, 0.6) is 0 Å². The second kappa shape index (κ2) is 11.7. The van der Waals surface area contributed by atoms with Gasteiger partial charge in [0.2, 0.25) is 5.60 Å². The van der Waals surface area contributed by atoms with Gasteiger partial charge in [-0.05, 0) is 55.4 Å². The van der Waals surface area contributed by atoms with Gasteiger partial charge in [-0.25, -0.2) is 14.1 Å². The van der Waals surface area contributed by atoms with Crippen LogP contribution in [0.1, 0.15) is 61.1 Å². The van der Waals surface area contributed by atoms with Crippen molar-refractivity contribution in [1.82, 2.24) is 14.6 Å². The zero-order chi connectivity index (χ0) is 30.8. The second-order valence-electron chi connectivity index (χ2n) is 11.0. The van der Waals surface area contributed by atoms with Gasteiger partial charge >= 0.3 is 22.2 Å². The average molecular weight is 606 g/mol. The topological polar surface area (TPSA) is 206 Å². The number of aromatic nitrogens is 1. The fraction of sp³-hybridized carbons (Fsp3) is 0.652. The highest BCUT2D eigenvalue weighted by molar-refractivity contribution is 7.85. The number of oxime groups is 1. The fourth-order valence-corrected chi connectivity index (χ4v) is 5.08. The number of methoxy groups -OCH3 is 1. The molecule has 40 heavy (non-hydrogen) atoms. The third kappa shape index (κ3) is 7.66. The first-order valence-electron chi connectivity index (χ1n) is 12.0. The van der Waals surface area contributed by atoms with Gasteiger partial charge in [-0.2, -0.15) is 8.42 Å². The fourth-order valence-electron chi connectivity index (χ4n) is 3.12. The predicted molar refractivity (Wildman–Crippen MR) is 143 cm³/mol. The molecule has 1 fully saturated rings. The first kappa shape index (κ1) is 32.9. The van der Waals surface area contributed by atoms with Crippen LogP contribution >= 0.6 is 11.3 Å². The molecule has 2 heterocycles. The van der Waals surface area contributed by atoms with E-state index >= 15 is 0 Å². The molecule has 224 valence electrons. The third-order valence-electron chi connectivity index (χ3n) is 5.41. The summed E-state index contributed by atoms with van der Waals surface area (Å²) < 4.78 is 40.6. The van der Waals surface area contributed by atoms with Crippen LogP contribution < -0.4 is 11.1 Å². The average Bonchev–Trinajstić information content (AvgIpc) is 3.25. The molecule has 0 spiro atoms. The van der Waals surface area contributed by atoms with E-state index in [0.717, 1.165) is 18.4 Å². The molecule has 1 aromatic rings. The van der Waals surface area contributed by atoms with Crippen molar-refractivity contribution in [3.63, 3.8) is 0 Å². The predicted octanol–water partition coefficient (Wildman–Crippen LogP) is 0.742. The number of hydrogen-bond acceptors (Lipinski definition) is 14. The van der Waals surface area contributed by atoms with E-state index in [1.165, 1.54) is 40.0 Å². The van der Waals surface area contributed by atoms with Gasteiger partial charge in [0, 0.05) is 5.38 Å². The van der Waals surface area contributed by atoms with Gasteiger partial charge < -0.3 is 25.4 Å². The molecule has 2 atom stereocenters. The maximum atomic E-state index is 13.2. The number of thiazole rings is 1. The van der Waals surface area contributed by atoms with Crippen LogP contribution in [-0.2, 0) is 48.0 Å². The Labute approximate surface area is 236 Å². The first-order chi connectivity index (χ1) is 18.1. The van der Waals surface area contributed by atoms with E-state index in [-0.39, 0.29) is 10.8 Å². The van der Waals surface area contributed by atoms with E-state index in [0.29, 0.717) is 4.31 Å². The minimum Gasteiger partial charge on any atom is -0.469 e. The minimum absolute atomic E-state index is 0.00253. The molecule has 2 rings (SSSR count). The van der Waals surface area contributed by atoms with E-state index in [9.17, 15) is 27.6 Å². The summed E-state index contributed by atoms with van der Waals surface area (Å²) in [7, 11) is -3.45. The molecule has 2 amide bonds. The first-order valence-corrected chi connectivity index (χ1v) is 14.2. The summed E-state index contributed by atoms with van der Waals surface area (Å²) in [6.45, 7) is 11.4. The Bertz CT molecular complexity index is 1300. The normalized spacial score (nSPS) is 18.6. The van der Waals surface area contributed by atoms with Crippen LogP contribution in [0.4, 0.5) is 5.13 Å². The SMILES string of the molecule is COC(=O)C(C)(C)COS(=O)(=O)N1C(=O)[C@@H](NC(=O)/C(=N/OC(C)(C)C(=O)OC(C)(C)C)c2csc(N)n2)[C@@H]1C. The molecule has 0 unspecified atom stereocenters. The number of ether oxygens (including phenoxy) is 2. The number of nitrogens with one attached hydrogen (secondary N) is 1. The Morgan fingerprint density at radius 3 is 2.23 bits per heavy atom. The zero-order valence-electron chi connectivity index (χ0n) is 23.8. The van der Waals surface area contributed by atoms with Gasteiger partial charge in [0.25, 0.3) is 11.8 Å². The second-order valence-corrected chi connectivity index (χ2v) is 13.4. The summed E-state index contributed by atoms with van der Waals surface area (Å²) >= 11 is 1.01. The van der Waals surface area contributed by atoms with E-state index in [4.69, 9.17) is 19.5 Å². The van der Waals surface area contributed by atoms with Crippen LogP contribution in [0.3, 0.4) is 0 Å². The number of rotatable bonds is 11. The molecule has 0 aliphatic carbocycles. The molecule has 17 heteroatoms. The summed E-state index contributed by atoms with van der Waals surface area (Å²) in [5.74, 6) is -3.38. The molecule has 0 aromatic carbocycles. The molecular formula is C23H35N5O10S2. The Kier molecular flexibility index (Phi) is 9.59. The lowest BCUT2D eigenvalue weighted by Crippen LogP contribution is -2.71. The van der Waals surface area contributed by atoms with Crippen LogP contribution in [-0.4, -0.2) is 84.2 Å². The zero-order valence-corrected chi connectivity index (χ0v) is 25.4. The van der Waals surface area contributed by atoms with Gasteiger partial charge in [-0.15, -0.1) is 11.3 Å². The van der Waals surface area contributed by atoms with Crippen molar-refractivity contribution in [3.05, 3.63) is 11.1 Å². The quantitative estimate of drug-likeness (QED) is 0.155. The molecule has 1 aliphatic heterocycles. The highest BCUT2D eigenvalue weighted by Crippen LogP contribution is 2.27. The summed E-state index contributed by atoms with van der Waals surface area (Å²) in [5, 5.41) is 7.75. The lowest BCUT2D eigenvalue weighted by Gasteiger charge is -2.43. The standard InChI is InChI=1S/C23H35N5O10S2/c1-12-14(17(30)28(12)40(33,34)36-11-22(5,6)18(31)35-9)26-16(29)15(13-10-39-20(24)25-13)27-38-23(7,8)19(32)37-21(2,3)4/h10,12,14H,11H2,1-9H3,(H2,24,25)(H,26,29)/b27-15+/t12-,14-/m0/s1. The summed E-state index contributed by atoms with van der Waals surface area (Å²) in [4.78, 5) is 59.7. The Morgan fingerprint density at radius 2 is 1.75 bits per heavy atom. The van der Waals surface area contributed by atoms with Gasteiger partial charge in [0.1, 0.15) is 17.3 Å². The van der Waals surface area contributed by atoms with Gasteiger partial charge in [0.15, 0.2) is 10.8 Å². The maximum Gasteiger partial charge on any atom is 0.365 e. The summed E-state index contributed by atoms with van der Waals surface area (Å²) in [6.07, 6.45) is 0. The smallest absolute Gasteiger partial charge is 0.365 e. The molecule has 1 saturated heterocycles. The van der Waals surface area contributed by atoms with Crippen LogP contribution in [0.25, 0.3) is 0 Å². The molecule has 0 radical (unpaired) electrons. The molecule has 15 nitrogen and oxygen atoms in total. The lowest BCUT2D eigenvalue weighted by atomic mass is 9.95. The Morgan fingerprint density at radius 1 is 1.15 bits per heavy atom. The number of nitrogens with two attached hydrogens (primary N) is 1. The maximum absolute atomic E-state index is 13.2. The molecular weight excluding hydrogens is 570 g/mol. The number of amides is 2. The van der Waals surface area contributed by atoms with Crippen molar-refractivity contribution >= 4 is 56.2 Å². The van der Waals surface area contributed by atoms with Crippen LogP contribution in [0, 0.1) is 5.41 Å². The molecule has 0 saturated carbocycles. The number of anilines is 1. The van der Waals surface area contributed by atoms with Crippen molar-refractivity contribution in [2.24, 2.45) is 10.6 Å². The van der Waals surface area contributed by atoms with Crippen molar-refractivity contribution in [2.45, 2.75) is 78.7 Å². The van der Waals surface area contributed by atoms with Gasteiger partial charge in [-0.3, -0.25) is 18.6 Å². The number of carbonyl (C=O) groups excluding carboxylic acids is 4. The molecule has 1 aliphatic rings. The monoisotopic (exact) mass is 605 g/mol. The number of esters is 2. The van der Waals surface area contributed by atoms with Gasteiger partial charge in [-0.1, -0.05) is 5.16 Å². The van der Waals surface area contributed by atoms with E-state index in [1.807, 2.05) is 0 Å². The molecule has 0 bridgehead atoms. The number of β-lactam (4-membered cyclic amide) rings is 1. The largest absolute Gasteiger partial charge is 0.469 e. The van der Waals surface area contributed by atoms with E-state index in [1.54, 1.807) is 20.8 Å². The van der Waals surface area contributed by atoms with Gasteiger partial charge in [0.05, 0.1) is 25.2 Å². The van der Waals surface area contributed by atoms with Crippen molar-refractivity contribution in [2.75, 3.05) is 19.5 Å². The lowest BCUT2D eigenvalue weighted by molar-refractivity contribution is -0.179. The Hall–Kier alpha value is -3.31. The van der Waals surface area contributed by atoms with Crippen molar-refractivity contribution < 1.29 is 46.1 Å². The third-order valence-corrected chi connectivity index (χ3v) is 7.49. The van der Waals surface area contributed by atoms with E-state index in [2.05, 4.69) is 20.2 Å². The van der Waals surface area contributed by atoms with Crippen LogP contribution in [0.2, 0.25) is 0 Å². The highest BCUT2D eigenvalue weighted by Gasteiger charge is 2.53. The van der Waals surface area contributed by atoms with Crippen molar-refractivity contribution in [1.29, 1.82) is 0 Å². The summed E-state index contributed by atoms with van der Waals surface area (Å²) in [5.41, 5.74) is 1.54. The molecule has 3 N–H and O–H groups in total. The molecule has 1 aromatic heterocycles. The number of nitrogen functional groups attached to an aromatic ring is 1. The number of nitrogens with zero attached hydrogens (tertiary/aromatic N) is 3. The number of hydrogen-bond donors (Lipinski definition) is 2. The van der Waals surface area contributed by atoms with Crippen LogP contribution in [0.15, 0.2) is 10.5 Å². The Balaban J connectivity index is 2.20. The summed E-state index contributed by atoms with van der Waals surface area (Å²) in [6, 6.07) is -2.33. The van der Waals surface area contributed by atoms with Crippen molar-refractivity contribution in [3.8, 4) is 0 Å². The number of carbonyl (C=O) groups is 4. The minimum atomic E-state index is -4.60. The van der Waals surface area contributed by atoms with E-state index < -0.39 is 75.1 Å². The highest BCUT2D eigenvalue weighted by atomic mass is 32.2.